The van der Waals surface area contributed by atoms with Crippen LogP contribution in [0, 0.1) is 34.6 Å². The number of nitrogens with zero attached hydrogens (tertiary/aromatic N) is 1. The van der Waals surface area contributed by atoms with Gasteiger partial charge in [-0.05, 0) is 69.8 Å². The molecule has 0 saturated heterocycles. The van der Waals surface area contributed by atoms with Crippen LogP contribution in [0.1, 0.15) is 36.0 Å². The number of rotatable bonds is 2. The van der Waals surface area contributed by atoms with Crippen LogP contribution < -0.4 is 10.4 Å². The molecule has 0 amide bonds. The van der Waals surface area contributed by atoms with E-state index < -0.39 is 9.84 Å². The summed E-state index contributed by atoms with van der Waals surface area (Å²) in [5.41, 5.74) is 3.02. The van der Waals surface area contributed by atoms with Crippen molar-refractivity contribution in [1.29, 1.82) is 5.26 Å². The molecule has 2 aliphatic rings. The minimum atomic E-state index is -3.63. The molecule has 2 atom stereocenters. The first-order valence-corrected chi connectivity index (χ1v) is 12.1. The maximum Gasteiger partial charge on any atom is 0.203 e. The number of hydrogen-bond donors (Lipinski definition) is 0. The first-order valence-electron chi connectivity index (χ1n) is 10.6. The van der Waals surface area contributed by atoms with E-state index in [9.17, 15) is 13.7 Å². The first kappa shape index (κ1) is 19.8. The predicted octanol–water partition coefficient (Wildman–Crippen LogP) is 3.85. The molecule has 0 fully saturated rings. The second-order valence-electron chi connectivity index (χ2n) is 8.53. The summed E-state index contributed by atoms with van der Waals surface area (Å²) in [6.07, 6.45) is 3.54. The highest BCUT2D eigenvalue weighted by Crippen LogP contribution is 2.34. The summed E-state index contributed by atoms with van der Waals surface area (Å²) in [7, 11) is -3.63. The summed E-state index contributed by atoms with van der Waals surface area (Å²) < 4.78 is 27.4. The Morgan fingerprint density at radius 2 is 1.65 bits per heavy atom. The normalized spacial score (nSPS) is 19.5. The molecule has 154 valence electrons. The summed E-state index contributed by atoms with van der Waals surface area (Å²) in [5.74, 6) is -0.450. The third-order valence-electron chi connectivity index (χ3n) is 6.57. The molecular weight excluding hydrogens is 402 g/mol. The lowest BCUT2D eigenvalue weighted by atomic mass is 9.81. The Morgan fingerprint density at radius 3 is 2.39 bits per heavy atom. The quantitative estimate of drug-likeness (QED) is 0.627. The van der Waals surface area contributed by atoms with Gasteiger partial charge in [0.2, 0.25) is 9.84 Å². The lowest BCUT2D eigenvalue weighted by Gasteiger charge is -2.26. The van der Waals surface area contributed by atoms with Crippen molar-refractivity contribution < 1.29 is 8.42 Å². The van der Waals surface area contributed by atoms with Gasteiger partial charge in [-0.25, -0.2) is 8.42 Å². The van der Waals surface area contributed by atoms with Crippen molar-refractivity contribution in [2.24, 2.45) is 5.92 Å². The van der Waals surface area contributed by atoms with Crippen LogP contribution in [0.2, 0.25) is 0 Å². The van der Waals surface area contributed by atoms with Crippen LogP contribution in [0.5, 0.6) is 0 Å². The van der Waals surface area contributed by atoms with Gasteiger partial charge in [0.05, 0.1) is 21.8 Å². The van der Waals surface area contributed by atoms with E-state index in [2.05, 4.69) is 12.1 Å². The molecule has 3 aromatic rings. The minimum absolute atomic E-state index is 0.0720. The standard InChI is InChI=1S/C27H23NO2S/c1-17-7-10-21(11-8-17)31(29,30)27-18(2)9-12-24-25(27)14-13-23-22-6-4-3-5-19(22)15-20(16-28)26(23)24/h3-8,10-11,13-15,18,20H,9,12H2,1-2H3/t18?,20-/m0/s1. The zero-order valence-corrected chi connectivity index (χ0v) is 18.4. The first-order chi connectivity index (χ1) is 14.9. The molecule has 0 saturated carbocycles. The second-order valence-corrected chi connectivity index (χ2v) is 10.5. The van der Waals surface area contributed by atoms with Crippen molar-refractivity contribution in [3.63, 3.8) is 0 Å². The Kier molecular flexibility index (Phi) is 4.60. The van der Waals surface area contributed by atoms with Gasteiger partial charge in [-0.15, -0.1) is 0 Å². The van der Waals surface area contributed by atoms with Crippen LogP contribution in [0.3, 0.4) is 0 Å². The molecular formula is C27H23NO2S. The van der Waals surface area contributed by atoms with Crippen LogP contribution in [0.25, 0.3) is 11.0 Å². The van der Waals surface area contributed by atoms with Crippen LogP contribution >= 0.6 is 0 Å². The van der Waals surface area contributed by atoms with Gasteiger partial charge in [0.25, 0.3) is 0 Å². The monoisotopic (exact) mass is 425 g/mol. The Balaban J connectivity index is 1.91. The van der Waals surface area contributed by atoms with Crippen LogP contribution in [-0.4, -0.2) is 8.42 Å². The molecule has 31 heavy (non-hydrogen) atoms. The van der Waals surface area contributed by atoms with E-state index in [4.69, 9.17) is 0 Å². The third-order valence-corrected chi connectivity index (χ3v) is 8.66. The molecule has 0 N–H and O–H groups in total. The summed E-state index contributed by atoms with van der Waals surface area (Å²) >= 11 is 0. The molecule has 3 nitrogen and oxygen atoms in total. The SMILES string of the molecule is Cc1ccc(S(=O)(=O)C2=c3ccc4c(c3CCC2C)[C@H](C#N)C=c2ccccc2=4)cc1. The summed E-state index contributed by atoms with van der Waals surface area (Å²) in [4.78, 5) is 0.815. The highest BCUT2D eigenvalue weighted by molar-refractivity contribution is 8.00. The minimum Gasteiger partial charge on any atom is -0.219 e. The third kappa shape index (κ3) is 3.04. The number of fused-ring (bicyclic) bond motifs is 4. The largest absolute Gasteiger partial charge is 0.219 e. The molecule has 0 heterocycles. The van der Waals surface area contributed by atoms with Crippen molar-refractivity contribution in [2.45, 2.75) is 37.5 Å². The molecule has 1 unspecified atom stereocenters. The molecule has 5 rings (SSSR count). The number of hydrogen-bond acceptors (Lipinski definition) is 3. The Bertz CT molecular complexity index is 1580. The van der Waals surface area contributed by atoms with E-state index in [1.54, 1.807) is 12.1 Å². The Hall–Kier alpha value is -3.16. The van der Waals surface area contributed by atoms with E-state index in [1.165, 1.54) is 0 Å². The predicted molar refractivity (Wildman–Crippen MR) is 122 cm³/mol. The van der Waals surface area contributed by atoms with Gasteiger partial charge >= 0.3 is 0 Å². The van der Waals surface area contributed by atoms with E-state index in [0.29, 0.717) is 9.80 Å². The number of benzene rings is 3. The average molecular weight is 426 g/mol. The van der Waals surface area contributed by atoms with Crippen molar-refractivity contribution in [1.82, 2.24) is 0 Å². The van der Waals surface area contributed by atoms with Crippen LogP contribution in [0.4, 0.5) is 0 Å². The fourth-order valence-corrected chi connectivity index (χ4v) is 6.90. The van der Waals surface area contributed by atoms with Crippen LogP contribution in [0.15, 0.2) is 65.6 Å². The fourth-order valence-electron chi connectivity index (χ4n) is 5.02. The van der Waals surface area contributed by atoms with Gasteiger partial charge < -0.3 is 0 Å². The lowest BCUT2D eigenvalue weighted by Crippen LogP contribution is -2.30. The zero-order chi connectivity index (χ0) is 21.8. The zero-order valence-electron chi connectivity index (χ0n) is 17.6. The number of nitriles is 1. The van der Waals surface area contributed by atoms with E-state index in [-0.39, 0.29) is 11.8 Å². The number of sulfone groups is 1. The van der Waals surface area contributed by atoms with Crippen molar-refractivity contribution >= 4 is 20.8 Å². The van der Waals surface area contributed by atoms with Gasteiger partial charge in [0, 0.05) is 0 Å². The molecule has 0 radical (unpaired) electrons. The fraction of sp³-hybridized carbons (Fsp3) is 0.222. The summed E-state index contributed by atoms with van der Waals surface area (Å²) in [6, 6.07) is 21.6. The smallest absolute Gasteiger partial charge is 0.203 e. The molecule has 0 aromatic heterocycles. The summed E-state index contributed by atoms with van der Waals surface area (Å²) in [6.45, 7) is 3.94. The molecule has 3 aromatic carbocycles. The van der Waals surface area contributed by atoms with Crippen LogP contribution in [-0.2, 0) is 16.3 Å². The number of aryl methyl sites for hydroxylation is 1. The van der Waals surface area contributed by atoms with Gasteiger partial charge in [-0.1, -0.05) is 67.1 Å². The topological polar surface area (TPSA) is 57.9 Å². The summed E-state index contributed by atoms with van der Waals surface area (Å²) in [5, 5.41) is 13.9. The Labute approximate surface area is 182 Å². The molecule has 0 aliphatic heterocycles. The maximum atomic E-state index is 13.7. The van der Waals surface area contributed by atoms with Gasteiger partial charge in [-0.2, -0.15) is 5.26 Å². The molecule has 2 aliphatic carbocycles. The lowest BCUT2D eigenvalue weighted by molar-refractivity contribution is 0.590. The van der Waals surface area contributed by atoms with Gasteiger partial charge in [-0.3, -0.25) is 0 Å². The maximum absolute atomic E-state index is 13.7. The average Bonchev–Trinajstić information content (AvgIpc) is 2.78. The highest BCUT2D eigenvalue weighted by atomic mass is 32.2. The van der Waals surface area contributed by atoms with E-state index in [0.717, 1.165) is 50.4 Å². The van der Waals surface area contributed by atoms with Gasteiger partial charge in [0.15, 0.2) is 0 Å². The van der Waals surface area contributed by atoms with E-state index >= 15 is 0 Å². The molecule has 4 heteroatoms. The Morgan fingerprint density at radius 1 is 0.935 bits per heavy atom. The van der Waals surface area contributed by atoms with Crippen molar-refractivity contribution in [2.75, 3.05) is 0 Å². The molecule has 0 spiro atoms. The second kappa shape index (κ2) is 7.21. The van der Waals surface area contributed by atoms with Crippen molar-refractivity contribution in [3.05, 3.63) is 98.2 Å². The van der Waals surface area contributed by atoms with Gasteiger partial charge in [0.1, 0.15) is 0 Å². The molecule has 0 bridgehead atoms. The van der Waals surface area contributed by atoms with E-state index in [1.807, 2.05) is 62.4 Å². The highest BCUT2D eigenvalue weighted by Gasteiger charge is 2.31. The van der Waals surface area contributed by atoms with Crippen molar-refractivity contribution in [3.8, 4) is 6.07 Å².